The van der Waals surface area contributed by atoms with Crippen LogP contribution >= 0.6 is 12.2 Å². The molecule has 2 aromatic carbocycles. The van der Waals surface area contributed by atoms with Gasteiger partial charge in [-0.3, -0.25) is 4.79 Å². The molecule has 0 aromatic heterocycles. The molecule has 0 saturated heterocycles. The molecular weight excluding hydrogens is 306 g/mol. The molecule has 0 spiro atoms. The van der Waals surface area contributed by atoms with Crippen molar-refractivity contribution in [2.24, 2.45) is 0 Å². The van der Waals surface area contributed by atoms with E-state index in [9.17, 15) is 4.79 Å². The van der Waals surface area contributed by atoms with Crippen LogP contribution in [-0.2, 0) is 4.79 Å². The molecule has 0 unspecified atom stereocenters. The summed E-state index contributed by atoms with van der Waals surface area (Å²) in [5.41, 5.74) is 3.15. The van der Waals surface area contributed by atoms with E-state index in [0.29, 0.717) is 10.7 Å². The summed E-state index contributed by atoms with van der Waals surface area (Å²) in [6.45, 7) is 1.86. The molecule has 1 aliphatic heterocycles. The minimum Gasteiger partial charge on any atom is -0.351 e. The lowest BCUT2D eigenvalue weighted by atomic mass is 9.95. The van der Waals surface area contributed by atoms with Gasteiger partial charge in [-0.15, -0.1) is 0 Å². The predicted molar refractivity (Wildman–Crippen MR) is 95.8 cm³/mol. The highest BCUT2D eigenvalue weighted by Crippen LogP contribution is 2.27. The summed E-state index contributed by atoms with van der Waals surface area (Å²) in [5, 5.41) is 9.67. The number of nitrogens with one attached hydrogen (secondary N) is 3. The normalized spacial score (nSPS) is 17.3. The lowest BCUT2D eigenvalue weighted by Gasteiger charge is -2.30. The minimum absolute atomic E-state index is 0.148. The summed E-state index contributed by atoms with van der Waals surface area (Å²) in [7, 11) is 0. The summed E-state index contributed by atoms with van der Waals surface area (Å²) in [5.74, 6) is -0.148. The minimum atomic E-state index is -0.270. The third kappa shape index (κ3) is 3.40. The molecule has 1 aliphatic rings. The Balaban J connectivity index is 1.94. The first-order valence-corrected chi connectivity index (χ1v) is 7.75. The van der Waals surface area contributed by atoms with Gasteiger partial charge < -0.3 is 16.0 Å². The molecular formula is C18H17N3OS. The smallest absolute Gasteiger partial charge is 0.255 e. The van der Waals surface area contributed by atoms with E-state index in [4.69, 9.17) is 12.2 Å². The van der Waals surface area contributed by atoms with E-state index in [1.165, 1.54) is 0 Å². The van der Waals surface area contributed by atoms with Crippen LogP contribution in [0.3, 0.4) is 0 Å². The van der Waals surface area contributed by atoms with E-state index in [0.717, 1.165) is 16.9 Å². The standard InChI is InChI=1S/C18H17N3OS/c1-12-15(17(22)20-14-10-6-3-7-11-14)16(21-18(23)19-12)13-8-4-2-5-9-13/h2-11,16H,1H3,(H,20,22)(H2,19,21,23)/t16-/m1/s1. The maximum absolute atomic E-state index is 12.8. The second-order valence-electron chi connectivity index (χ2n) is 5.30. The van der Waals surface area contributed by atoms with Crippen LogP contribution in [-0.4, -0.2) is 11.0 Å². The lowest BCUT2D eigenvalue weighted by Crippen LogP contribution is -2.45. The summed E-state index contributed by atoms with van der Waals surface area (Å²) in [6.07, 6.45) is 0. The molecule has 23 heavy (non-hydrogen) atoms. The number of carbonyl (C=O) groups excluding carboxylic acids is 1. The quantitative estimate of drug-likeness (QED) is 0.760. The van der Waals surface area contributed by atoms with Gasteiger partial charge >= 0.3 is 0 Å². The van der Waals surface area contributed by atoms with Crippen molar-refractivity contribution in [1.82, 2.24) is 10.6 Å². The van der Waals surface area contributed by atoms with Gasteiger partial charge in [-0.25, -0.2) is 0 Å². The Morgan fingerprint density at radius 2 is 1.65 bits per heavy atom. The number of rotatable bonds is 3. The fourth-order valence-electron chi connectivity index (χ4n) is 2.61. The van der Waals surface area contributed by atoms with Gasteiger partial charge in [0.25, 0.3) is 5.91 Å². The zero-order valence-electron chi connectivity index (χ0n) is 12.7. The van der Waals surface area contributed by atoms with Crippen molar-refractivity contribution >= 4 is 28.9 Å². The SMILES string of the molecule is CC1=C(C(=O)Nc2ccccc2)[C@@H](c2ccccc2)NC(=S)N1. The van der Waals surface area contributed by atoms with Crippen LogP contribution in [0.4, 0.5) is 5.69 Å². The number of allylic oxidation sites excluding steroid dienone is 1. The Morgan fingerprint density at radius 3 is 2.30 bits per heavy atom. The van der Waals surface area contributed by atoms with E-state index >= 15 is 0 Å². The topological polar surface area (TPSA) is 53.2 Å². The average Bonchev–Trinajstić information content (AvgIpc) is 2.55. The van der Waals surface area contributed by atoms with E-state index in [-0.39, 0.29) is 11.9 Å². The number of amides is 1. The van der Waals surface area contributed by atoms with Gasteiger partial charge in [-0.05, 0) is 36.8 Å². The Labute approximate surface area is 140 Å². The number of hydrogen-bond acceptors (Lipinski definition) is 2. The molecule has 1 heterocycles. The highest BCUT2D eigenvalue weighted by molar-refractivity contribution is 7.80. The molecule has 5 heteroatoms. The molecule has 0 saturated carbocycles. The second-order valence-corrected chi connectivity index (χ2v) is 5.71. The molecule has 4 nitrogen and oxygen atoms in total. The number of para-hydroxylation sites is 1. The summed E-state index contributed by atoms with van der Waals surface area (Å²) < 4.78 is 0. The maximum Gasteiger partial charge on any atom is 0.255 e. The largest absolute Gasteiger partial charge is 0.351 e. The molecule has 1 atom stereocenters. The van der Waals surface area contributed by atoms with Crippen LogP contribution in [0.2, 0.25) is 0 Å². The molecule has 0 radical (unpaired) electrons. The number of thiocarbonyl (C=S) groups is 1. The second kappa shape index (κ2) is 6.62. The van der Waals surface area contributed by atoms with Crippen molar-refractivity contribution in [3.05, 3.63) is 77.5 Å². The summed E-state index contributed by atoms with van der Waals surface area (Å²) in [4.78, 5) is 12.8. The monoisotopic (exact) mass is 323 g/mol. The first-order valence-electron chi connectivity index (χ1n) is 7.35. The molecule has 0 aliphatic carbocycles. The van der Waals surface area contributed by atoms with Gasteiger partial charge in [0.1, 0.15) is 0 Å². The van der Waals surface area contributed by atoms with E-state index in [2.05, 4.69) is 16.0 Å². The molecule has 1 amide bonds. The van der Waals surface area contributed by atoms with Gasteiger partial charge in [0, 0.05) is 11.4 Å². The summed E-state index contributed by atoms with van der Waals surface area (Å²) >= 11 is 5.24. The number of anilines is 1. The molecule has 3 N–H and O–H groups in total. The van der Waals surface area contributed by atoms with Crippen molar-refractivity contribution in [2.45, 2.75) is 13.0 Å². The molecule has 0 bridgehead atoms. The van der Waals surface area contributed by atoms with Gasteiger partial charge in [0.2, 0.25) is 0 Å². The van der Waals surface area contributed by atoms with E-state index < -0.39 is 0 Å². The molecule has 3 rings (SSSR count). The molecule has 116 valence electrons. The Hall–Kier alpha value is -2.66. The predicted octanol–water partition coefficient (Wildman–Crippen LogP) is 3.12. The van der Waals surface area contributed by atoms with Gasteiger partial charge in [-0.1, -0.05) is 48.5 Å². The van der Waals surface area contributed by atoms with Gasteiger partial charge in [-0.2, -0.15) is 0 Å². The molecule has 2 aromatic rings. The number of hydrogen-bond donors (Lipinski definition) is 3. The third-order valence-corrected chi connectivity index (χ3v) is 3.90. The Morgan fingerprint density at radius 1 is 1.04 bits per heavy atom. The zero-order valence-corrected chi connectivity index (χ0v) is 13.5. The van der Waals surface area contributed by atoms with Crippen LogP contribution in [0, 0.1) is 0 Å². The van der Waals surface area contributed by atoms with Crippen molar-refractivity contribution in [3.63, 3.8) is 0 Å². The fourth-order valence-corrected chi connectivity index (χ4v) is 2.88. The fraction of sp³-hybridized carbons (Fsp3) is 0.111. The van der Waals surface area contributed by atoms with Crippen LogP contribution in [0.5, 0.6) is 0 Å². The number of benzene rings is 2. The Bertz CT molecular complexity index is 756. The third-order valence-electron chi connectivity index (χ3n) is 3.68. The highest BCUT2D eigenvalue weighted by Gasteiger charge is 2.29. The van der Waals surface area contributed by atoms with E-state index in [1.54, 1.807) is 0 Å². The van der Waals surface area contributed by atoms with Gasteiger partial charge in [0.15, 0.2) is 5.11 Å². The lowest BCUT2D eigenvalue weighted by molar-refractivity contribution is -0.113. The number of carbonyl (C=O) groups is 1. The zero-order chi connectivity index (χ0) is 16.2. The first-order chi connectivity index (χ1) is 11.1. The van der Waals surface area contributed by atoms with Crippen molar-refractivity contribution in [2.75, 3.05) is 5.32 Å². The average molecular weight is 323 g/mol. The summed E-state index contributed by atoms with van der Waals surface area (Å²) in [6, 6.07) is 18.9. The van der Waals surface area contributed by atoms with Crippen LogP contribution < -0.4 is 16.0 Å². The Kier molecular flexibility index (Phi) is 4.39. The molecule has 0 fully saturated rings. The van der Waals surface area contributed by atoms with E-state index in [1.807, 2.05) is 67.6 Å². The highest BCUT2D eigenvalue weighted by atomic mass is 32.1. The van der Waals surface area contributed by atoms with Crippen LogP contribution in [0.25, 0.3) is 0 Å². The van der Waals surface area contributed by atoms with Crippen molar-refractivity contribution in [1.29, 1.82) is 0 Å². The van der Waals surface area contributed by atoms with Gasteiger partial charge in [0.05, 0.1) is 11.6 Å². The van der Waals surface area contributed by atoms with Crippen molar-refractivity contribution < 1.29 is 4.79 Å². The van der Waals surface area contributed by atoms with Crippen LogP contribution in [0.15, 0.2) is 71.9 Å². The first kappa shape index (κ1) is 15.2. The van der Waals surface area contributed by atoms with Crippen molar-refractivity contribution in [3.8, 4) is 0 Å². The van der Waals surface area contributed by atoms with Crippen LogP contribution in [0.1, 0.15) is 18.5 Å². The maximum atomic E-state index is 12.8.